The van der Waals surface area contributed by atoms with Crippen LogP contribution < -0.4 is 15.0 Å². The Bertz CT molecular complexity index is 1620. The van der Waals surface area contributed by atoms with Crippen LogP contribution in [-0.4, -0.2) is 86.3 Å². The van der Waals surface area contributed by atoms with E-state index in [1.165, 1.54) is 0 Å². The average Bonchev–Trinajstić information content (AvgIpc) is 3.42. The van der Waals surface area contributed by atoms with E-state index >= 15 is 0 Å². The molecule has 4 heterocycles. The number of anilines is 1. The van der Waals surface area contributed by atoms with Gasteiger partial charge < -0.3 is 24.6 Å². The van der Waals surface area contributed by atoms with Gasteiger partial charge >= 0.3 is 6.18 Å². The molecule has 8 nitrogen and oxygen atoms in total. The molecule has 0 spiro atoms. The zero-order valence-corrected chi connectivity index (χ0v) is 27.6. The van der Waals surface area contributed by atoms with Crippen LogP contribution in [-0.2, 0) is 21.5 Å². The number of fused-ring (bicyclic) bond motifs is 3. The topological polar surface area (TPSA) is 74.4 Å². The molecule has 3 aromatic rings. The van der Waals surface area contributed by atoms with E-state index in [1.807, 2.05) is 11.0 Å². The molecule has 0 aromatic heterocycles. The van der Waals surface area contributed by atoms with Gasteiger partial charge in [0.15, 0.2) is 0 Å². The van der Waals surface area contributed by atoms with Gasteiger partial charge in [0, 0.05) is 68.3 Å². The van der Waals surface area contributed by atoms with Crippen molar-refractivity contribution in [3.8, 4) is 11.5 Å². The van der Waals surface area contributed by atoms with Crippen molar-refractivity contribution >= 4 is 17.5 Å². The van der Waals surface area contributed by atoms with Crippen molar-refractivity contribution in [2.45, 2.75) is 62.8 Å². The summed E-state index contributed by atoms with van der Waals surface area (Å²) in [7, 11) is 0. The van der Waals surface area contributed by atoms with Crippen molar-refractivity contribution in [2.75, 3.05) is 57.3 Å². The first kappa shape index (κ1) is 33.4. The van der Waals surface area contributed by atoms with Crippen LogP contribution in [0.3, 0.4) is 0 Å². The number of nitrogens with zero attached hydrogens (tertiary/aromatic N) is 3. The predicted octanol–water partition coefficient (Wildman–Crippen LogP) is 6.27. The highest BCUT2D eigenvalue weighted by Crippen LogP contribution is 2.50. The maximum atomic E-state index is 13.8. The van der Waals surface area contributed by atoms with Crippen LogP contribution in [0.15, 0.2) is 66.7 Å². The van der Waals surface area contributed by atoms with Crippen LogP contribution in [0.25, 0.3) is 0 Å². The van der Waals surface area contributed by atoms with Crippen molar-refractivity contribution in [1.29, 1.82) is 0 Å². The summed E-state index contributed by atoms with van der Waals surface area (Å²) >= 11 is 0. The third-order valence-electron chi connectivity index (χ3n) is 10.4. The van der Waals surface area contributed by atoms with E-state index in [0.717, 1.165) is 81.8 Å². The number of carbonyl (C=O) groups excluding carboxylic acids is 2. The number of amides is 2. The highest BCUT2D eigenvalue weighted by Gasteiger charge is 2.48. The van der Waals surface area contributed by atoms with E-state index in [2.05, 4.69) is 27.2 Å². The van der Waals surface area contributed by atoms with Gasteiger partial charge in [0.05, 0.1) is 6.10 Å². The fourth-order valence-corrected chi connectivity index (χ4v) is 7.88. The SMILES string of the molecule is O=C1c2cc(N3CCN(CCCCC4(C(=O)NCC(F)(F)F)c5ccccc5Oc5ccccc54)CC3)ccc2CN1CC1CCCCO1. The first-order chi connectivity index (χ1) is 23.7. The monoisotopic (exact) mass is 676 g/mol. The first-order valence-electron chi connectivity index (χ1n) is 17.4. The fraction of sp³-hybridized carbons (Fsp3) is 0.474. The highest BCUT2D eigenvalue weighted by molar-refractivity contribution is 5.99. The lowest BCUT2D eigenvalue weighted by Crippen LogP contribution is -2.49. The average molecular weight is 677 g/mol. The number of ether oxygens (including phenoxy) is 2. The maximum absolute atomic E-state index is 13.8. The summed E-state index contributed by atoms with van der Waals surface area (Å²) in [5, 5.41) is 2.20. The second-order valence-corrected chi connectivity index (χ2v) is 13.6. The molecule has 7 rings (SSSR count). The van der Waals surface area contributed by atoms with E-state index in [-0.39, 0.29) is 12.0 Å². The largest absolute Gasteiger partial charge is 0.457 e. The smallest absolute Gasteiger partial charge is 0.405 e. The summed E-state index contributed by atoms with van der Waals surface area (Å²) in [6, 6.07) is 20.5. The van der Waals surface area contributed by atoms with Crippen molar-refractivity contribution in [3.63, 3.8) is 0 Å². The normalized spacial score (nSPS) is 20.3. The second-order valence-electron chi connectivity index (χ2n) is 13.6. The Morgan fingerprint density at radius 1 is 0.918 bits per heavy atom. The van der Waals surface area contributed by atoms with Crippen LogP contribution in [0, 0.1) is 0 Å². The summed E-state index contributed by atoms with van der Waals surface area (Å²) in [4.78, 5) is 33.7. The zero-order chi connectivity index (χ0) is 34.0. The van der Waals surface area contributed by atoms with Crippen molar-refractivity contribution in [3.05, 3.63) is 89.0 Å². The first-order valence-corrected chi connectivity index (χ1v) is 17.4. The van der Waals surface area contributed by atoms with Crippen LogP contribution >= 0.6 is 0 Å². The number of nitrogens with one attached hydrogen (secondary N) is 1. The Morgan fingerprint density at radius 3 is 2.31 bits per heavy atom. The minimum atomic E-state index is -4.52. The lowest BCUT2D eigenvalue weighted by molar-refractivity contribution is -0.141. The van der Waals surface area contributed by atoms with E-state index < -0.39 is 24.0 Å². The molecule has 2 amide bonds. The van der Waals surface area contributed by atoms with E-state index in [0.29, 0.717) is 48.6 Å². The molecule has 2 saturated heterocycles. The molecule has 49 heavy (non-hydrogen) atoms. The quantitative estimate of drug-likeness (QED) is 0.255. The number of hydrogen-bond acceptors (Lipinski definition) is 6. The number of piperazine rings is 1. The van der Waals surface area contributed by atoms with Gasteiger partial charge in [-0.1, -0.05) is 48.9 Å². The second kappa shape index (κ2) is 14.0. The summed E-state index contributed by atoms with van der Waals surface area (Å²) < 4.78 is 51.7. The molecule has 4 aliphatic rings. The van der Waals surface area contributed by atoms with Gasteiger partial charge in [-0.2, -0.15) is 13.2 Å². The van der Waals surface area contributed by atoms with Crippen molar-refractivity contribution in [1.82, 2.24) is 15.1 Å². The molecule has 0 saturated carbocycles. The number of rotatable bonds is 10. The number of alkyl halides is 3. The number of carbonyl (C=O) groups is 2. The molecule has 0 radical (unpaired) electrons. The summed E-state index contributed by atoms with van der Waals surface area (Å²) in [6.45, 7) is 4.84. The van der Waals surface area contributed by atoms with Crippen LogP contribution in [0.1, 0.15) is 65.6 Å². The van der Waals surface area contributed by atoms with Crippen LogP contribution in [0.4, 0.5) is 18.9 Å². The molecular formula is C38H43F3N4O4. The molecule has 0 aliphatic carbocycles. The van der Waals surface area contributed by atoms with Crippen LogP contribution in [0.2, 0.25) is 0 Å². The Balaban J connectivity index is 0.967. The standard InChI is InChI=1S/C38H43F3N4O4/c39-38(40,41)26-42-36(47)37(31-10-1-3-12-33(31)49-34-13-4-2-11-32(34)37)16-6-7-17-43-18-20-44(21-19-43)28-15-14-27-24-45(35(46)30(27)23-28)25-29-9-5-8-22-48-29/h1-4,10-15,23,29H,5-9,16-22,24-26H2,(H,42,47). The number of benzene rings is 3. The third kappa shape index (κ3) is 7.01. The summed E-state index contributed by atoms with van der Waals surface area (Å²) in [5.41, 5.74) is 2.79. The lowest BCUT2D eigenvalue weighted by atomic mass is 9.68. The Kier molecular flexibility index (Phi) is 9.57. The molecule has 1 N–H and O–H groups in total. The molecule has 2 fully saturated rings. The Hall–Kier alpha value is -4.09. The third-order valence-corrected chi connectivity index (χ3v) is 10.4. The fourth-order valence-electron chi connectivity index (χ4n) is 7.88. The predicted molar refractivity (Wildman–Crippen MR) is 180 cm³/mol. The Morgan fingerprint density at radius 2 is 1.63 bits per heavy atom. The van der Waals surface area contributed by atoms with Gasteiger partial charge in [-0.05, 0) is 68.5 Å². The van der Waals surface area contributed by atoms with E-state index in [9.17, 15) is 22.8 Å². The van der Waals surface area contributed by atoms with Crippen molar-refractivity contribution < 1.29 is 32.2 Å². The summed E-state index contributed by atoms with van der Waals surface area (Å²) in [6.07, 6.45) is 0.617. The molecule has 0 bridgehead atoms. The van der Waals surface area contributed by atoms with Gasteiger partial charge in [0.2, 0.25) is 5.91 Å². The molecule has 1 unspecified atom stereocenters. The number of halogens is 3. The lowest BCUT2D eigenvalue weighted by Gasteiger charge is -2.39. The van der Waals surface area contributed by atoms with E-state index in [1.54, 1.807) is 48.5 Å². The molecule has 260 valence electrons. The van der Waals surface area contributed by atoms with Crippen LogP contribution in [0.5, 0.6) is 11.5 Å². The maximum Gasteiger partial charge on any atom is 0.405 e. The van der Waals surface area contributed by atoms with Gasteiger partial charge in [0.25, 0.3) is 5.91 Å². The molecule has 3 aromatic carbocycles. The molecular weight excluding hydrogens is 633 g/mol. The number of para-hydroxylation sites is 2. The van der Waals surface area contributed by atoms with Gasteiger partial charge in [-0.15, -0.1) is 0 Å². The minimum absolute atomic E-state index is 0.0873. The molecule has 4 aliphatic heterocycles. The Labute approximate surface area is 285 Å². The van der Waals surface area contributed by atoms with E-state index in [4.69, 9.17) is 9.47 Å². The number of unbranched alkanes of at least 4 members (excludes halogenated alkanes) is 1. The van der Waals surface area contributed by atoms with Gasteiger partial charge in [0.1, 0.15) is 23.5 Å². The zero-order valence-electron chi connectivity index (χ0n) is 27.6. The minimum Gasteiger partial charge on any atom is -0.457 e. The van der Waals surface area contributed by atoms with Gasteiger partial charge in [-0.25, -0.2) is 0 Å². The highest BCUT2D eigenvalue weighted by atomic mass is 19.4. The number of hydrogen-bond donors (Lipinski definition) is 1. The summed E-state index contributed by atoms with van der Waals surface area (Å²) in [5.74, 6) is 0.390. The molecule has 11 heteroatoms. The van der Waals surface area contributed by atoms with Gasteiger partial charge in [-0.3, -0.25) is 14.5 Å². The molecule has 1 atom stereocenters. The van der Waals surface area contributed by atoms with Crippen molar-refractivity contribution in [2.24, 2.45) is 0 Å².